The van der Waals surface area contributed by atoms with Crippen molar-refractivity contribution in [1.82, 2.24) is 15.0 Å². The monoisotopic (exact) mass is 349 g/mol. The average Bonchev–Trinajstić information content (AvgIpc) is 2.55. The van der Waals surface area contributed by atoms with Crippen LogP contribution in [0.1, 0.15) is 0 Å². The van der Waals surface area contributed by atoms with E-state index in [1.165, 1.54) is 0 Å². The molecule has 0 saturated heterocycles. The van der Waals surface area contributed by atoms with Crippen molar-refractivity contribution in [1.29, 1.82) is 0 Å². The van der Waals surface area contributed by atoms with E-state index in [0.717, 1.165) is 0 Å². The van der Waals surface area contributed by atoms with Gasteiger partial charge in [-0.2, -0.15) is 0 Å². The number of nitrogens with zero attached hydrogens (tertiary/aromatic N) is 3. The highest BCUT2D eigenvalue weighted by molar-refractivity contribution is 5.27. The maximum absolute atomic E-state index is 12.5. The Morgan fingerprint density at radius 2 is 1.00 bits per heavy atom. The zero-order chi connectivity index (χ0) is 17.7. The van der Waals surface area contributed by atoms with Crippen molar-refractivity contribution in [3.05, 3.63) is 60.7 Å². The van der Waals surface area contributed by atoms with Crippen molar-refractivity contribution < 1.29 is 27.4 Å². The standard InChI is InChI=1S/C16H10F3N3O3/c17-16(18,19)25-15-21-13(23-11-7-3-1-4-8-11)20-14(22-15)24-12-9-5-2-6-10-12/h1-10H. The highest BCUT2D eigenvalue weighted by Crippen LogP contribution is 2.26. The molecule has 0 atom stereocenters. The minimum atomic E-state index is -4.96. The van der Waals surface area contributed by atoms with E-state index in [1.54, 1.807) is 60.7 Å². The van der Waals surface area contributed by atoms with Gasteiger partial charge in [-0.3, -0.25) is 0 Å². The van der Waals surface area contributed by atoms with Gasteiger partial charge in [0.25, 0.3) is 0 Å². The zero-order valence-corrected chi connectivity index (χ0v) is 12.5. The van der Waals surface area contributed by atoms with E-state index in [0.29, 0.717) is 11.5 Å². The Bertz CT molecular complexity index is 771. The Morgan fingerprint density at radius 1 is 0.600 bits per heavy atom. The first-order valence-electron chi connectivity index (χ1n) is 6.95. The molecule has 9 heteroatoms. The minimum absolute atomic E-state index is 0.331. The highest BCUT2D eigenvalue weighted by Gasteiger charge is 2.33. The summed E-state index contributed by atoms with van der Waals surface area (Å²) in [5, 5.41) is 0. The third kappa shape index (κ3) is 5.06. The number of rotatable bonds is 5. The van der Waals surface area contributed by atoms with Gasteiger partial charge >= 0.3 is 24.4 Å². The second-order valence-electron chi connectivity index (χ2n) is 4.56. The van der Waals surface area contributed by atoms with Gasteiger partial charge in [0.05, 0.1) is 0 Å². The van der Waals surface area contributed by atoms with E-state index >= 15 is 0 Å². The largest absolute Gasteiger partial charge is 0.575 e. The molecule has 128 valence electrons. The van der Waals surface area contributed by atoms with Gasteiger partial charge < -0.3 is 14.2 Å². The molecule has 0 spiro atoms. The van der Waals surface area contributed by atoms with Crippen LogP contribution in [0.15, 0.2) is 60.7 Å². The molecule has 1 heterocycles. The predicted octanol–water partition coefficient (Wildman–Crippen LogP) is 4.35. The molecule has 1 aromatic heterocycles. The lowest BCUT2D eigenvalue weighted by atomic mass is 10.3. The SMILES string of the molecule is FC(F)(F)Oc1nc(Oc2ccccc2)nc(Oc2ccccc2)n1. The van der Waals surface area contributed by atoms with Crippen LogP contribution in [0.2, 0.25) is 0 Å². The van der Waals surface area contributed by atoms with Gasteiger partial charge in [-0.1, -0.05) is 36.4 Å². The molecular weight excluding hydrogens is 339 g/mol. The summed E-state index contributed by atoms with van der Waals surface area (Å²) < 4.78 is 51.7. The van der Waals surface area contributed by atoms with Crippen LogP contribution in [0.3, 0.4) is 0 Å². The summed E-state index contributed by atoms with van der Waals surface area (Å²) in [6.07, 6.45) is -4.96. The lowest BCUT2D eigenvalue weighted by molar-refractivity contribution is -0.277. The number of benzene rings is 2. The van der Waals surface area contributed by atoms with Crippen LogP contribution < -0.4 is 14.2 Å². The van der Waals surface area contributed by atoms with Crippen molar-refractivity contribution in [3.63, 3.8) is 0 Å². The Labute approximate surface area is 139 Å². The summed E-state index contributed by atoms with van der Waals surface area (Å²) in [5.74, 6) is 0.662. The molecule has 0 saturated carbocycles. The average molecular weight is 349 g/mol. The number of hydrogen-bond donors (Lipinski definition) is 0. The fourth-order valence-corrected chi connectivity index (χ4v) is 1.75. The van der Waals surface area contributed by atoms with Crippen LogP contribution in [-0.2, 0) is 0 Å². The van der Waals surface area contributed by atoms with Gasteiger partial charge in [0.1, 0.15) is 11.5 Å². The second-order valence-corrected chi connectivity index (χ2v) is 4.56. The molecule has 2 aromatic carbocycles. The van der Waals surface area contributed by atoms with E-state index < -0.39 is 24.4 Å². The summed E-state index contributed by atoms with van der Waals surface area (Å²) in [6, 6.07) is 14.8. The second kappa shape index (κ2) is 7.04. The van der Waals surface area contributed by atoms with E-state index in [4.69, 9.17) is 9.47 Å². The van der Waals surface area contributed by atoms with Crippen molar-refractivity contribution >= 4 is 0 Å². The number of ether oxygens (including phenoxy) is 3. The number of hydrogen-bond acceptors (Lipinski definition) is 6. The number of alkyl halides is 3. The van der Waals surface area contributed by atoms with Gasteiger partial charge in [0.2, 0.25) is 0 Å². The lowest BCUT2D eigenvalue weighted by Gasteiger charge is -2.10. The van der Waals surface area contributed by atoms with Gasteiger partial charge in [0, 0.05) is 0 Å². The van der Waals surface area contributed by atoms with Crippen molar-refractivity contribution in [2.75, 3.05) is 0 Å². The Kier molecular flexibility index (Phi) is 4.64. The lowest BCUT2D eigenvalue weighted by Crippen LogP contribution is -2.19. The summed E-state index contributed by atoms with van der Waals surface area (Å²) in [7, 11) is 0. The first kappa shape index (κ1) is 16.5. The maximum Gasteiger partial charge on any atom is 0.575 e. The van der Waals surface area contributed by atoms with E-state index in [1.807, 2.05) is 0 Å². The van der Waals surface area contributed by atoms with Gasteiger partial charge in [-0.25, -0.2) is 0 Å². The Morgan fingerprint density at radius 3 is 1.40 bits per heavy atom. The molecule has 6 nitrogen and oxygen atoms in total. The molecule has 0 N–H and O–H groups in total. The molecule has 0 aliphatic carbocycles. The zero-order valence-electron chi connectivity index (χ0n) is 12.5. The van der Waals surface area contributed by atoms with Gasteiger partial charge in [0.15, 0.2) is 0 Å². The number of para-hydroxylation sites is 2. The molecule has 0 radical (unpaired) electrons. The number of aromatic nitrogens is 3. The van der Waals surface area contributed by atoms with Crippen LogP contribution in [0.25, 0.3) is 0 Å². The van der Waals surface area contributed by atoms with Gasteiger partial charge in [-0.05, 0) is 24.3 Å². The first-order chi connectivity index (χ1) is 12.0. The normalized spacial score (nSPS) is 11.0. The maximum atomic E-state index is 12.5. The summed E-state index contributed by atoms with van der Waals surface area (Å²) in [6.45, 7) is 0. The van der Waals surface area contributed by atoms with Crippen LogP contribution >= 0.6 is 0 Å². The fourth-order valence-electron chi connectivity index (χ4n) is 1.75. The van der Waals surface area contributed by atoms with Crippen molar-refractivity contribution in [2.45, 2.75) is 6.36 Å². The molecule has 3 rings (SSSR count). The molecule has 0 fully saturated rings. The third-order valence-electron chi connectivity index (χ3n) is 2.69. The first-order valence-corrected chi connectivity index (χ1v) is 6.95. The fraction of sp³-hybridized carbons (Fsp3) is 0.0625. The Hall–Kier alpha value is -3.36. The van der Waals surface area contributed by atoms with Crippen LogP contribution in [-0.4, -0.2) is 21.3 Å². The quantitative estimate of drug-likeness (QED) is 0.682. The summed E-state index contributed by atoms with van der Waals surface area (Å²) in [5.41, 5.74) is 0. The van der Waals surface area contributed by atoms with Crippen LogP contribution in [0, 0.1) is 0 Å². The number of halogens is 3. The highest BCUT2D eigenvalue weighted by atomic mass is 19.4. The summed E-state index contributed by atoms with van der Waals surface area (Å²) in [4.78, 5) is 10.8. The molecular formula is C16H10F3N3O3. The van der Waals surface area contributed by atoms with Crippen LogP contribution in [0.4, 0.5) is 13.2 Å². The predicted molar refractivity (Wildman–Crippen MR) is 79.5 cm³/mol. The van der Waals surface area contributed by atoms with E-state index in [2.05, 4.69) is 19.7 Å². The molecule has 0 aliphatic rings. The molecule has 0 unspecified atom stereocenters. The van der Waals surface area contributed by atoms with Crippen molar-refractivity contribution in [3.8, 4) is 29.5 Å². The molecule has 0 aliphatic heterocycles. The smallest absolute Gasteiger partial charge is 0.424 e. The third-order valence-corrected chi connectivity index (χ3v) is 2.69. The summed E-state index contributed by atoms with van der Waals surface area (Å²) >= 11 is 0. The topological polar surface area (TPSA) is 66.4 Å². The minimum Gasteiger partial charge on any atom is -0.424 e. The van der Waals surface area contributed by atoms with Gasteiger partial charge in [-0.15, -0.1) is 28.1 Å². The van der Waals surface area contributed by atoms with Crippen LogP contribution in [0.5, 0.6) is 29.5 Å². The molecule has 25 heavy (non-hydrogen) atoms. The molecule has 3 aromatic rings. The van der Waals surface area contributed by atoms with E-state index in [-0.39, 0.29) is 0 Å². The Balaban J connectivity index is 1.90. The molecule has 0 amide bonds. The molecule has 0 bridgehead atoms. The van der Waals surface area contributed by atoms with E-state index in [9.17, 15) is 13.2 Å². The van der Waals surface area contributed by atoms with Crippen molar-refractivity contribution in [2.24, 2.45) is 0 Å².